The van der Waals surface area contributed by atoms with Gasteiger partial charge in [0.15, 0.2) is 0 Å². The van der Waals surface area contributed by atoms with Gasteiger partial charge < -0.3 is 10.5 Å². The van der Waals surface area contributed by atoms with Crippen molar-refractivity contribution < 1.29 is 9.53 Å². The van der Waals surface area contributed by atoms with Crippen molar-refractivity contribution in [2.24, 2.45) is 0 Å². The Bertz CT molecular complexity index is 640. The molecule has 1 heterocycles. The van der Waals surface area contributed by atoms with Gasteiger partial charge in [-0.3, -0.25) is 4.90 Å². The predicted octanol–water partition coefficient (Wildman–Crippen LogP) is 3.68. The second-order valence-electron chi connectivity index (χ2n) is 5.89. The Morgan fingerprint density at radius 3 is 2.29 bits per heavy atom. The van der Waals surface area contributed by atoms with Crippen molar-refractivity contribution in [2.75, 3.05) is 25.4 Å². The fourth-order valence-corrected chi connectivity index (χ4v) is 3.00. The zero-order valence-electron chi connectivity index (χ0n) is 13.6. The molecule has 1 unspecified atom stereocenters. The first-order valence-corrected chi connectivity index (χ1v) is 8.06. The normalized spacial score (nSPS) is 15.5. The van der Waals surface area contributed by atoms with Crippen LogP contribution in [0.25, 0.3) is 0 Å². The van der Waals surface area contributed by atoms with Gasteiger partial charge in [-0.2, -0.15) is 0 Å². The predicted molar refractivity (Wildman–Crippen MR) is 98.4 cm³/mol. The summed E-state index contributed by atoms with van der Waals surface area (Å²) in [5, 5.41) is 0. The smallest absolute Gasteiger partial charge is 0.338 e. The molecule has 4 nitrogen and oxygen atoms in total. The number of nitrogens with zero attached hydrogens (tertiary/aromatic N) is 1. The number of nitrogens with two attached hydrogens (primary N) is 1. The van der Waals surface area contributed by atoms with Crippen LogP contribution in [-0.2, 0) is 4.74 Å². The lowest BCUT2D eigenvalue weighted by molar-refractivity contribution is 0.0374. The van der Waals surface area contributed by atoms with Crippen molar-refractivity contribution >= 4 is 24.1 Å². The molecule has 0 bridgehead atoms. The minimum absolute atomic E-state index is 0. The van der Waals surface area contributed by atoms with E-state index in [0.29, 0.717) is 17.9 Å². The van der Waals surface area contributed by atoms with E-state index in [1.54, 1.807) is 24.3 Å². The lowest BCUT2D eigenvalue weighted by Crippen LogP contribution is -2.30. The second-order valence-corrected chi connectivity index (χ2v) is 5.89. The Morgan fingerprint density at radius 1 is 1.04 bits per heavy atom. The maximum atomic E-state index is 12.2. The molecule has 2 aromatic carbocycles. The molecule has 1 aliphatic rings. The first kappa shape index (κ1) is 18.3. The summed E-state index contributed by atoms with van der Waals surface area (Å²) in [6.07, 6.45) is 2.41. The molecule has 5 heteroatoms. The third-order valence-corrected chi connectivity index (χ3v) is 4.28. The fraction of sp³-hybridized carbons (Fsp3) is 0.316. The van der Waals surface area contributed by atoms with Crippen LogP contribution in [0.4, 0.5) is 5.69 Å². The molecule has 1 aliphatic heterocycles. The number of likely N-dealkylation sites (tertiary alicyclic amines) is 1. The highest BCUT2D eigenvalue weighted by molar-refractivity contribution is 5.89. The van der Waals surface area contributed by atoms with E-state index in [9.17, 15) is 4.79 Å². The van der Waals surface area contributed by atoms with E-state index >= 15 is 0 Å². The van der Waals surface area contributed by atoms with E-state index in [-0.39, 0.29) is 24.4 Å². The summed E-state index contributed by atoms with van der Waals surface area (Å²) in [6.45, 7) is 2.48. The van der Waals surface area contributed by atoms with Gasteiger partial charge in [0.05, 0.1) is 11.6 Å². The van der Waals surface area contributed by atoms with Crippen molar-refractivity contribution in [3.8, 4) is 0 Å². The standard InChI is InChI=1S/C19H22N2O2.ClH/c20-17-10-8-16(9-11-17)19(22)23-14-18(21-12-4-5-13-21)15-6-2-1-3-7-15;/h1-3,6-11,18H,4-5,12-14,20H2;1H. The summed E-state index contributed by atoms with van der Waals surface area (Å²) in [6, 6.07) is 17.2. The van der Waals surface area contributed by atoms with E-state index in [2.05, 4.69) is 17.0 Å². The van der Waals surface area contributed by atoms with E-state index < -0.39 is 0 Å². The van der Waals surface area contributed by atoms with Gasteiger partial charge in [-0.1, -0.05) is 30.3 Å². The quantitative estimate of drug-likeness (QED) is 0.662. The lowest BCUT2D eigenvalue weighted by atomic mass is 10.1. The average Bonchev–Trinajstić information content (AvgIpc) is 3.11. The fourth-order valence-electron chi connectivity index (χ4n) is 3.00. The Kier molecular flexibility index (Phi) is 6.64. The average molecular weight is 347 g/mol. The number of ether oxygens (including phenoxy) is 1. The van der Waals surface area contributed by atoms with Crippen LogP contribution in [-0.4, -0.2) is 30.6 Å². The molecule has 1 fully saturated rings. The van der Waals surface area contributed by atoms with Crippen LogP contribution in [0.1, 0.15) is 34.8 Å². The third-order valence-electron chi connectivity index (χ3n) is 4.28. The minimum Gasteiger partial charge on any atom is -0.460 e. The molecular weight excluding hydrogens is 324 g/mol. The molecule has 0 aliphatic carbocycles. The number of rotatable bonds is 5. The molecule has 24 heavy (non-hydrogen) atoms. The molecular formula is C19H23ClN2O2. The molecule has 0 aromatic heterocycles. The maximum absolute atomic E-state index is 12.2. The monoisotopic (exact) mass is 346 g/mol. The van der Waals surface area contributed by atoms with Crippen LogP contribution in [0.15, 0.2) is 54.6 Å². The van der Waals surface area contributed by atoms with Crippen molar-refractivity contribution in [3.63, 3.8) is 0 Å². The molecule has 128 valence electrons. The van der Waals surface area contributed by atoms with Gasteiger partial charge in [0.2, 0.25) is 0 Å². The third kappa shape index (κ3) is 4.49. The van der Waals surface area contributed by atoms with E-state index in [1.165, 1.54) is 18.4 Å². The van der Waals surface area contributed by atoms with Crippen molar-refractivity contribution in [1.29, 1.82) is 0 Å². The minimum atomic E-state index is -0.301. The van der Waals surface area contributed by atoms with E-state index in [1.807, 2.05) is 18.2 Å². The molecule has 0 radical (unpaired) electrons. The number of carbonyl (C=O) groups is 1. The van der Waals surface area contributed by atoms with Crippen LogP contribution in [0.2, 0.25) is 0 Å². The number of benzene rings is 2. The first-order chi connectivity index (χ1) is 11.2. The highest BCUT2D eigenvalue weighted by Gasteiger charge is 2.24. The molecule has 1 saturated heterocycles. The molecule has 0 amide bonds. The Morgan fingerprint density at radius 2 is 1.67 bits per heavy atom. The van der Waals surface area contributed by atoms with Gasteiger partial charge >= 0.3 is 5.97 Å². The number of hydrogen-bond donors (Lipinski definition) is 1. The summed E-state index contributed by atoms with van der Waals surface area (Å²) in [7, 11) is 0. The number of esters is 1. The molecule has 1 atom stereocenters. The zero-order valence-corrected chi connectivity index (χ0v) is 14.4. The summed E-state index contributed by atoms with van der Waals surface area (Å²) in [4.78, 5) is 14.6. The van der Waals surface area contributed by atoms with Gasteiger partial charge in [0, 0.05) is 5.69 Å². The van der Waals surface area contributed by atoms with E-state index in [0.717, 1.165) is 13.1 Å². The van der Waals surface area contributed by atoms with Gasteiger partial charge in [-0.05, 0) is 55.8 Å². The molecule has 2 aromatic rings. The number of hydrogen-bond acceptors (Lipinski definition) is 4. The number of halogens is 1. The summed E-state index contributed by atoms with van der Waals surface area (Å²) in [5.74, 6) is -0.301. The van der Waals surface area contributed by atoms with Crippen molar-refractivity contribution in [2.45, 2.75) is 18.9 Å². The van der Waals surface area contributed by atoms with Gasteiger partial charge in [0.25, 0.3) is 0 Å². The largest absolute Gasteiger partial charge is 0.460 e. The summed E-state index contributed by atoms with van der Waals surface area (Å²) < 4.78 is 5.58. The van der Waals surface area contributed by atoms with Crippen LogP contribution < -0.4 is 5.73 Å². The van der Waals surface area contributed by atoms with Crippen molar-refractivity contribution in [3.05, 3.63) is 65.7 Å². The molecule has 0 spiro atoms. The van der Waals surface area contributed by atoms with Gasteiger partial charge in [-0.15, -0.1) is 12.4 Å². The van der Waals surface area contributed by atoms with Gasteiger partial charge in [-0.25, -0.2) is 4.79 Å². The topological polar surface area (TPSA) is 55.6 Å². The van der Waals surface area contributed by atoms with Crippen LogP contribution in [0.3, 0.4) is 0 Å². The zero-order chi connectivity index (χ0) is 16.1. The van der Waals surface area contributed by atoms with Gasteiger partial charge in [0.1, 0.15) is 6.61 Å². The molecule has 3 rings (SSSR count). The highest BCUT2D eigenvalue weighted by atomic mass is 35.5. The maximum Gasteiger partial charge on any atom is 0.338 e. The number of anilines is 1. The van der Waals surface area contributed by atoms with E-state index in [4.69, 9.17) is 10.5 Å². The molecule has 0 saturated carbocycles. The Hall–Kier alpha value is -2.04. The Labute approximate surface area is 149 Å². The highest BCUT2D eigenvalue weighted by Crippen LogP contribution is 2.25. The van der Waals surface area contributed by atoms with Crippen LogP contribution in [0.5, 0.6) is 0 Å². The summed E-state index contributed by atoms with van der Waals surface area (Å²) >= 11 is 0. The van der Waals surface area contributed by atoms with Crippen LogP contribution >= 0.6 is 12.4 Å². The number of carbonyl (C=O) groups excluding carboxylic acids is 1. The Balaban J connectivity index is 0.00000208. The lowest BCUT2D eigenvalue weighted by Gasteiger charge is -2.27. The number of nitrogen functional groups attached to an aromatic ring is 1. The SMILES string of the molecule is Cl.Nc1ccc(C(=O)OCC(c2ccccc2)N2CCCC2)cc1. The molecule has 2 N–H and O–H groups in total. The van der Waals surface area contributed by atoms with Crippen molar-refractivity contribution in [1.82, 2.24) is 4.90 Å². The first-order valence-electron chi connectivity index (χ1n) is 8.06. The van der Waals surface area contributed by atoms with Crippen LogP contribution in [0, 0.1) is 0 Å². The summed E-state index contributed by atoms with van der Waals surface area (Å²) in [5.41, 5.74) is 8.02. The second kappa shape index (κ2) is 8.71.